The highest BCUT2D eigenvalue weighted by atomic mass is 15.7. The van der Waals surface area contributed by atoms with E-state index in [4.69, 9.17) is 0 Å². The van der Waals surface area contributed by atoms with Gasteiger partial charge in [0.2, 0.25) is 0 Å². The van der Waals surface area contributed by atoms with Gasteiger partial charge in [0.1, 0.15) is 0 Å². The fourth-order valence-corrected chi connectivity index (χ4v) is 5.03. The second-order valence-electron chi connectivity index (χ2n) is 9.58. The van der Waals surface area contributed by atoms with E-state index in [0.29, 0.717) is 30.3 Å². The summed E-state index contributed by atoms with van der Waals surface area (Å²) >= 11 is 0. The first-order chi connectivity index (χ1) is 13.8. The molecule has 0 aliphatic carbocycles. The minimum Gasteiger partial charge on any atom is -0.299 e. The van der Waals surface area contributed by atoms with Crippen molar-refractivity contribution >= 4 is 0 Å². The van der Waals surface area contributed by atoms with E-state index in [2.05, 4.69) is 106 Å². The third kappa shape index (κ3) is 6.52. The zero-order valence-corrected chi connectivity index (χ0v) is 20.2. The molecule has 0 aromatic heterocycles. The highest BCUT2D eigenvalue weighted by molar-refractivity contribution is 5.14. The Morgan fingerprint density at radius 2 is 1.72 bits per heavy atom. The van der Waals surface area contributed by atoms with Gasteiger partial charge >= 0.3 is 0 Å². The minimum atomic E-state index is 0.382. The molecule has 29 heavy (non-hydrogen) atoms. The first kappa shape index (κ1) is 24.3. The van der Waals surface area contributed by atoms with Crippen LogP contribution in [0.15, 0.2) is 30.3 Å². The topological polar surface area (TPSA) is 21.8 Å². The van der Waals surface area contributed by atoms with Crippen molar-refractivity contribution in [2.75, 3.05) is 20.1 Å². The summed E-state index contributed by atoms with van der Waals surface area (Å²) in [6.45, 7) is 18.8. The molecule has 1 aliphatic heterocycles. The van der Waals surface area contributed by atoms with E-state index in [1.54, 1.807) is 0 Å². The number of hydrogen-bond acceptors (Lipinski definition) is 4. The van der Waals surface area contributed by atoms with Gasteiger partial charge in [0.25, 0.3) is 0 Å². The van der Waals surface area contributed by atoms with E-state index < -0.39 is 0 Å². The molecule has 166 valence electrons. The molecule has 5 atom stereocenters. The lowest BCUT2D eigenvalue weighted by Gasteiger charge is -2.41. The minimum absolute atomic E-state index is 0.382. The van der Waals surface area contributed by atoms with Gasteiger partial charge in [-0.2, -0.15) is 0 Å². The lowest BCUT2D eigenvalue weighted by molar-refractivity contribution is 0.0332. The van der Waals surface area contributed by atoms with Crippen LogP contribution in [-0.4, -0.2) is 59.4 Å². The predicted molar refractivity (Wildman–Crippen MR) is 126 cm³/mol. The van der Waals surface area contributed by atoms with Gasteiger partial charge in [-0.05, 0) is 57.6 Å². The summed E-state index contributed by atoms with van der Waals surface area (Å²) in [4.78, 5) is 5.43. The van der Waals surface area contributed by atoms with E-state index in [9.17, 15) is 0 Å². The fourth-order valence-electron chi connectivity index (χ4n) is 5.03. The SMILES string of the molecule is CCC(C)C(C)N(CCCc1ccccc1)CC(C)N1C(C)NN(C)C1C(C)C. The van der Waals surface area contributed by atoms with Crippen LogP contribution in [0.4, 0.5) is 0 Å². The summed E-state index contributed by atoms with van der Waals surface area (Å²) in [5.41, 5.74) is 5.08. The quantitative estimate of drug-likeness (QED) is 0.572. The van der Waals surface area contributed by atoms with Gasteiger partial charge in [-0.15, -0.1) is 0 Å². The summed E-state index contributed by atoms with van der Waals surface area (Å²) in [7, 11) is 2.19. The largest absolute Gasteiger partial charge is 0.299 e. The molecule has 1 aliphatic rings. The first-order valence-electron chi connectivity index (χ1n) is 11.8. The molecule has 0 radical (unpaired) electrons. The van der Waals surface area contributed by atoms with Gasteiger partial charge in [0.15, 0.2) is 0 Å². The van der Waals surface area contributed by atoms with Crippen LogP contribution in [0.1, 0.15) is 66.9 Å². The molecule has 1 fully saturated rings. The molecule has 1 saturated heterocycles. The molecular weight excluding hydrogens is 356 g/mol. The molecule has 0 spiro atoms. The maximum Gasteiger partial charge on any atom is 0.0793 e. The molecule has 2 rings (SSSR count). The Bertz CT molecular complexity index is 575. The molecule has 1 aromatic carbocycles. The van der Waals surface area contributed by atoms with Crippen molar-refractivity contribution in [3.05, 3.63) is 35.9 Å². The molecule has 5 unspecified atom stereocenters. The van der Waals surface area contributed by atoms with E-state index in [1.165, 1.54) is 24.9 Å². The Balaban J connectivity index is 2.05. The Morgan fingerprint density at radius 1 is 1.07 bits per heavy atom. The third-order valence-electron chi connectivity index (χ3n) is 6.94. The van der Waals surface area contributed by atoms with Crippen molar-refractivity contribution < 1.29 is 0 Å². The monoisotopic (exact) mass is 402 g/mol. The molecule has 0 amide bonds. The number of rotatable bonds is 11. The van der Waals surface area contributed by atoms with Crippen molar-refractivity contribution in [1.29, 1.82) is 0 Å². The molecule has 0 saturated carbocycles. The van der Waals surface area contributed by atoms with Crippen LogP contribution in [0.25, 0.3) is 0 Å². The van der Waals surface area contributed by atoms with E-state index in [0.717, 1.165) is 18.9 Å². The number of hydrazine groups is 1. The average molecular weight is 403 g/mol. The third-order valence-corrected chi connectivity index (χ3v) is 6.94. The van der Waals surface area contributed by atoms with Gasteiger partial charge in [-0.3, -0.25) is 9.80 Å². The zero-order chi connectivity index (χ0) is 21.6. The summed E-state index contributed by atoms with van der Waals surface area (Å²) in [6, 6.07) is 12.0. The number of benzene rings is 1. The van der Waals surface area contributed by atoms with Crippen LogP contribution < -0.4 is 5.43 Å². The lowest BCUT2D eigenvalue weighted by Crippen LogP contribution is -2.53. The Kier molecular flexibility index (Phi) is 9.61. The van der Waals surface area contributed by atoms with Crippen LogP contribution in [-0.2, 0) is 6.42 Å². The Morgan fingerprint density at radius 3 is 2.31 bits per heavy atom. The fraction of sp³-hybridized carbons (Fsp3) is 0.760. The molecule has 4 nitrogen and oxygen atoms in total. The van der Waals surface area contributed by atoms with Crippen LogP contribution in [0, 0.1) is 11.8 Å². The second-order valence-corrected chi connectivity index (χ2v) is 9.58. The highest BCUT2D eigenvalue weighted by Crippen LogP contribution is 2.25. The number of aryl methyl sites for hydroxylation is 1. The summed E-state index contributed by atoms with van der Waals surface area (Å²) in [5.74, 6) is 1.31. The zero-order valence-electron chi connectivity index (χ0n) is 20.2. The van der Waals surface area contributed by atoms with E-state index >= 15 is 0 Å². The highest BCUT2D eigenvalue weighted by Gasteiger charge is 2.40. The van der Waals surface area contributed by atoms with Gasteiger partial charge in [0, 0.05) is 25.7 Å². The second kappa shape index (κ2) is 11.5. The van der Waals surface area contributed by atoms with Crippen LogP contribution in [0.5, 0.6) is 0 Å². The van der Waals surface area contributed by atoms with Gasteiger partial charge in [-0.1, -0.05) is 64.4 Å². The lowest BCUT2D eigenvalue weighted by atomic mass is 9.97. The van der Waals surface area contributed by atoms with Crippen LogP contribution in [0.3, 0.4) is 0 Å². The Labute approximate surface area is 180 Å². The normalized spacial score (nSPS) is 24.3. The number of nitrogens with one attached hydrogen (secondary N) is 1. The standard InChI is InChI=1S/C25H46N4/c1-9-20(4)22(6)28(17-13-16-24-14-11-10-12-15-24)18-21(5)29-23(7)26-27(8)25(29)19(2)3/h10-12,14-15,19-23,25-26H,9,13,16-18H2,1-8H3. The summed E-state index contributed by atoms with van der Waals surface area (Å²) in [6.07, 6.45) is 4.46. The maximum atomic E-state index is 3.62. The van der Waals surface area contributed by atoms with Gasteiger partial charge in [-0.25, -0.2) is 10.4 Å². The van der Waals surface area contributed by atoms with Crippen molar-refractivity contribution in [1.82, 2.24) is 20.2 Å². The number of nitrogens with zero attached hydrogens (tertiary/aromatic N) is 3. The Hall–Kier alpha value is -0.940. The van der Waals surface area contributed by atoms with Crippen molar-refractivity contribution in [2.24, 2.45) is 11.8 Å². The van der Waals surface area contributed by atoms with Gasteiger partial charge in [0.05, 0.1) is 12.3 Å². The van der Waals surface area contributed by atoms with E-state index in [1.807, 2.05) is 0 Å². The summed E-state index contributed by atoms with van der Waals surface area (Å²) < 4.78 is 0. The molecule has 1 N–H and O–H groups in total. The average Bonchev–Trinajstić information content (AvgIpc) is 3.00. The van der Waals surface area contributed by atoms with Gasteiger partial charge < -0.3 is 0 Å². The van der Waals surface area contributed by atoms with E-state index in [-0.39, 0.29) is 0 Å². The smallest absolute Gasteiger partial charge is 0.0793 e. The molecule has 4 heteroatoms. The van der Waals surface area contributed by atoms with Crippen LogP contribution in [0.2, 0.25) is 0 Å². The van der Waals surface area contributed by atoms with Crippen molar-refractivity contribution in [3.8, 4) is 0 Å². The molecular formula is C25H46N4. The molecule has 1 heterocycles. The number of hydrogen-bond donors (Lipinski definition) is 1. The van der Waals surface area contributed by atoms with Crippen molar-refractivity contribution in [2.45, 2.75) is 92.1 Å². The predicted octanol–water partition coefficient (Wildman–Crippen LogP) is 4.82. The molecule has 1 aromatic rings. The van der Waals surface area contributed by atoms with Crippen molar-refractivity contribution in [3.63, 3.8) is 0 Å². The first-order valence-corrected chi connectivity index (χ1v) is 11.8. The van der Waals surface area contributed by atoms with Crippen LogP contribution >= 0.6 is 0 Å². The summed E-state index contributed by atoms with van der Waals surface area (Å²) in [5, 5.41) is 2.31. The molecule has 0 bridgehead atoms. The maximum absolute atomic E-state index is 3.62.